The monoisotopic (exact) mass is 390 g/mol. The summed E-state index contributed by atoms with van der Waals surface area (Å²) in [6.45, 7) is 1.67. The summed E-state index contributed by atoms with van der Waals surface area (Å²) in [6.07, 6.45) is 2.26. The van der Waals surface area contributed by atoms with Crippen LogP contribution in [0.3, 0.4) is 0 Å². The van der Waals surface area contributed by atoms with Crippen molar-refractivity contribution >= 4 is 16.8 Å². The lowest BCUT2D eigenvalue weighted by Gasteiger charge is -2.19. The maximum Gasteiger partial charge on any atom is 0.254 e. The van der Waals surface area contributed by atoms with Crippen molar-refractivity contribution in [3.63, 3.8) is 0 Å². The molecule has 0 spiro atoms. The molecule has 0 saturated carbocycles. The molecule has 29 heavy (non-hydrogen) atoms. The number of hydrogen-bond donors (Lipinski definition) is 3. The number of carbonyl (C=O) groups excluding carboxylic acids is 1. The number of amides is 1. The third kappa shape index (κ3) is 3.94. The van der Waals surface area contributed by atoms with E-state index in [-0.39, 0.29) is 11.1 Å². The maximum absolute atomic E-state index is 14.1. The molecule has 0 aliphatic heterocycles. The van der Waals surface area contributed by atoms with Crippen LogP contribution in [0.15, 0.2) is 65.6 Å². The molecule has 4 rings (SSSR count). The average molecular weight is 390 g/mol. The molecule has 0 fully saturated rings. The predicted molar refractivity (Wildman–Crippen MR) is 108 cm³/mol. The Bertz CT molecular complexity index is 1240. The van der Waals surface area contributed by atoms with Gasteiger partial charge in [0.15, 0.2) is 0 Å². The van der Waals surface area contributed by atoms with Crippen LogP contribution in [-0.2, 0) is 6.42 Å². The highest BCUT2D eigenvalue weighted by Crippen LogP contribution is 2.24. The summed E-state index contributed by atoms with van der Waals surface area (Å²) in [5.74, 6) is -0.727. The van der Waals surface area contributed by atoms with Crippen molar-refractivity contribution in [3.8, 4) is 0 Å². The summed E-state index contributed by atoms with van der Waals surface area (Å²) >= 11 is 0. The number of aromatic amines is 2. The molecule has 1 amide bonds. The van der Waals surface area contributed by atoms with E-state index in [0.717, 1.165) is 16.5 Å². The second kappa shape index (κ2) is 7.71. The third-order valence-electron chi connectivity index (χ3n) is 4.76. The van der Waals surface area contributed by atoms with Gasteiger partial charge in [0, 0.05) is 29.6 Å². The second-order valence-electron chi connectivity index (χ2n) is 6.83. The number of para-hydroxylation sites is 1. The van der Waals surface area contributed by atoms with E-state index in [0.29, 0.717) is 17.9 Å². The van der Waals surface area contributed by atoms with Crippen LogP contribution >= 0.6 is 0 Å². The van der Waals surface area contributed by atoms with Gasteiger partial charge in [0.2, 0.25) is 0 Å². The first-order valence-electron chi connectivity index (χ1n) is 9.19. The van der Waals surface area contributed by atoms with E-state index in [1.165, 1.54) is 24.3 Å². The first-order valence-corrected chi connectivity index (χ1v) is 9.19. The number of nitrogens with one attached hydrogen (secondary N) is 3. The van der Waals surface area contributed by atoms with Crippen LogP contribution in [-0.4, -0.2) is 20.9 Å². The van der Waals surface area contributed by atoms with E-state index < -0.39 is 17.8 Å². The summed E-state index contributed by atoms with van der Waals surface area (Å²) in [5.41, 5.74) is 1.98. The summed E-state index contributed by atoms with van der Waals surface area (Å²) in [5, 5.41) is 3.85. The quantitative estimate of drug-likeness (QED) is 0.488. The Kier molecular flexibility index (Phi) is 4.95. The number of aromatic nitrogens is 3. The third-order valence-corrected chi connectivity index (χ3v) is 4.76. The van der Waals surface area contributed by atoms with E-state index in [2.05, 4.69) is 20.3 Å². The molecule has 0 radical (unpaired) electrons. The van der Waals surface area contributed by atoms with Gasteiger partial charge in [-0.25, -0.2) is 9.37 Å². The molecule has 2 aromatic carbocycles. The van der Waals surface area contributed by atoms with Crippen LogP contribution in [0, 0.1) is 12.7 Å². The fraction of sp³-hybridized carbons (Fsp3) is 0.136. The zero-order chi connectivity index (χ0) is 20.4. The van der Waals surface area contributed by atoms with Gasteiger partial charge in [0.25, 0.3) is 11.5 Å². The fourth-order valence-corrected chi connectivity index (χ4v) is 3.41. The SMILES string of the molecule is Cc1nc(C(Cc2c[nH]c3ccccc23)NC(=O)c2ccccc2F)cc(=O)[nH]1. The molecule has 3 N–H and O–H groups in total. The lowest BCUT2D eigenvalue weighted by molar-refractivity contribution is 0.0931. The minimum atomic E-state index is -0.609. The van der Waals surface area contributed by atoms with Gasteiger partial charge in [0.1, 0.15) is 11.6 Å². The normalized spacial score (nSPS) is 12.1. The van der Waals surface area contributed by atoms with Crippen LogP contribution in [0.4, 0.5) is 4.39 Å². The molecule has 146 valence electrons. The number of aryl methyl sites for hydroxylation is 1. The van der Waals surface area contributed by atoms with E-state index in [1.54, 1.807) is 13.0 Å². The molecule has 7 heteroatoms. The molecule has 4 aromatic rings. The average Bonchev–Trinajstić information content (AvgIpc) is 3.10. The second-order valence-corrected chi connectivity index (χ2v) is 6.83. The number of halogens is 1. The Morgan fingerprint density at radius 2 is 1.93 bits per heavy atom. The summed E-state index contributed by atoms with van der Waals surface area (Å²) in [7, 11) is 0. The Morgan fingerprint density at radius 3 is 2.72 bits per heavy atom. The Morgan fingerprint density at radius 1 is 1.17 bits per heavy atom. The molecule has 1 unspecified atom stereocenters. The molecular formula is C22H19FN4O2. The van der Waals surface area contributed by atoms with Crippen LogP contribution < -0.4 is 10.9 Å². The highest BCUT2D eigenvalue weighted by molar-refractivity contribution is 5.94. The minimum absolute atomic E-state index is 0.0574. The van der Waals surface area contributed by atoms with E-state index in [1.807, 2.05) is 30.5 Å². The van der Waals surface area contributed by atoms with Crippen molar-refractivity contribution in [2.45, 2.75) is 19.4 Å². The van der Waals surface area contributed by atoms with Crippen LogP contribution in [0.1, 0.15) is 33.5 Å². The van der Waals surface area contributed by atoms with Crippen molar-refractivity contribution in [2.24, 2.45) is 0 Å². The Balaban J connectivity index is 1.72. The van der Waals surface area contributed by atoms with Crippen molar-refractivity contribution < 1.29 is 9.18 Å². The molecule has 0 aliphatic carbocycles. The van der Waals surface area contributed by atoms with Gasteiger partial charge >= 0.3 is 0 Å². The highest BCUT2D eigenvalue weighted by atomic mass is 19.1. The lowest BCUT2D eigenvalue weighted by Crippen LogP contribution is -2.32. The number of carbonyl (C=O) groups is 1. The molecule has 0 aliphatic rings. The standard InChI is InChI=1S/C22H19FN4O2/c1-13-25-20(11-21(28)26-13)19(27-22(29)16-7-2-4-8-17(16)23)10-14-12-24-18-9-5-3-6-15(14)18/h2-9,11-12,19,24H,10H2,1H3,(H,27,29)(H,25,26,28). The maximum atomic E-state index is 14.1. The molecular weight excluding hydrogens is 371 g/mol. The van der Waals surface area contributed by atoms with E-state index in [9.17, 15) is 14.0 Å². The van der Waals surface area contributed by atoms with Gasteiger partial charge in [0.05, 0.1) is 17.3 Å². The van der Waals surface area contributed by atoms with E-state index in [4.69, 9.17) is 0 Å². The summed E-state index contributed by atoms with van der Waals surface area (Å²) in [6, 6.07) is 14.3. The minimum Gasteiger partial charge on any atom is -0.361 e. The molecule has 0 saturated heterocycles. The molecule has 0 bridgehead atoms. The Labute approximate surface area is 165 Å². The number of rotatable bonds is 5. The van der Waals surface area contributed by atoms with Crippen molar-refractivity contribution in [1.29, 1.82) is 0 Å². The highest BCUT2D eigenvalue weighted by Gasteiger charge is 2.21. The van der Waals surface area contributed by atoms with Gasteiger partial charge in [-0.1, -0.05) is 30.3 Å². The van der Waals surface area contributed by atoms with Gasteiger partial charge < -0.3 is 15.3 Å². The van der Waals surface area contributed by atoms with Gasteiger partial charge in [-0.15, -0.1) is 0 Å². The topological polar surface area (TPSA) is 90.6 Å². The largest absolute Gasteiger partial charge is 0.361 e. The number of H-pyrrole nitrogens is 2. The van der Waals surface area contributed by atoms with Gasteiger partial charge in [-0.3, -0.25) is 9.59 Å². The van der Waals surface area contributed by atoms with E-state index >= 15 is 0 Å². The van der Waals surface area contributed by atoms with Crippen LogP contribution in [0.25, 0.3) is 10.9 Å². The van der Waals surface area contributed by atoms with Crippen LogP contribution in [0.2, 0.25) is 0 Å². The number of fused-ring (bicyclic) bond motifs is 1. The number of nitrogens with zero attached hydrogens (tertiary/aromatic N) is 1. The summed E-state index contributed by atoms with van der Waals surface area (Å²) < 4.78 is 14.1. The Hall–Kier alpha value is -3.74. The van der Waals surface area contributed by atoms with Gasteiger partial charge in [-0.05, 0) is 30.7 Å². The van der Waals surface area contributed by atoms with Crippen molar-refractivity contribution in [1.82, 2.24) is 20.3 Å². The lowest BCUT2D eigenvalue weighted by atomic mass is 10.0. The van der Waals surface area contributed by atoms with Crippen LogP contribution in [0.5, 0.6) is 0 Å². The first-order chi connectivity index (χ1) is 14.0. The van der Waals surface area contributed by atoms with Crippen molar-refractivity contribution in [2.75, 3.05) is 0 Å². The number of benzene rings is 2. The zero-order valence-electron chi connectivity index (χ0n) is 15.7. The molecule has 1 atom stereocenters. The fourth-order valence-electron chi connectivity index (χ4n) is 3.41. The molecule has 6 nitrogen and oxygen atoms in total. The number of hydrogen-bond acceptors (Lipinski definition) is 3. The summed E-state index contributed by atoms with van der Waals surface area (Å²) in [4.78, 5) is 34.9. The predicted octanol–water partition coefficient (Wildman–Crippen LogP) is 3.41. The zero-order valence-corrected chi connectivity index (χ0v) is 15.7. The smallest absolute Gasteiger partial charge is 0.254 e. The van der Waals surface area contributed by atoms with Crippen molar-refractivity contribution in [3.05, 3.63) is 99.6 Å². The van der Waals surface area contributed by atoms with Gasteiger partial charge in [-0.2, -0.15) is 0 Å². The molecule has 2 aromatic heterocycles. The molecule has 2 heterocycles. The first kappa shape index (κ1) is 18.6.